The molecule has 10 heteroatoms. The van der Waals surface area contributed by atoms with Crippen molar-refractivity contribution in [3.8, 4) is 21.8 Å². The van der Waals surface area contributed by atoms with Gasteiger partial charge in [-0.15, -0.1) is 21.5 Å². The Labute approximate surface area is 181 Å². The maximum atomic E-state index is 13.8. The highest BCUT2D eigenvalue weighted by Crippen LogP contribution is 2.46. The van der Waals surface area contributed by atoms with E-state index < -0.39 is 5.92 Å². The van der Waals surface area contributed by atoms with Crippen LogP contribution >= 0.6 is 22.9 Å². The second-order valence-electron chi connectivity index (χ2n) is 7.85. The van der Waals surface area contributed by atoms with Gasteiger partial charge in [0.25, 0.3) is 5.92 Å². The van der Waals surface area contributed by atoms with Crippen molar-refractivity contribution in [3.05, 3.63) is 27.7 Å². The largest absolute Gasteiger partial charge is 0.356 e. The van der Waals surface area contributed by atoms with Crippen LogP contribution in [0.4, 0.5) is 14.6 Å². The normalized spacial score (nSPS) is 18.8. The molecule has 0 atom stereocenters. The minimum Gasteiger partial charge on any atom is -0.356 e. The fraction of sp³-hybridized carbons (Fsp3) is 0.500. The molecule has 4 heterocycles. The summed E-state index contributed by atoms with van der Waals surface area (Å²) in [5.41, 5.74) is 4.02. The van der Waals surface area contributed by atoms with Crippen LogP contribution in [0.2, 0.25) is 4.34 Å². The Morgan fingerprint density at radius 1 is 1.07 bits per heavy atom. The molecule has 1 aliphatic carbocycles. The summed E-state index contributed by atoms with van der Waals surface area (Å²) in [7, 11) is 0. The van der Waals surface area contributed by atoms with E-state index in [0.717, 1.165) is 53.8 Å². The molecule has 1 N–H and O–H groups in total. The number of thiophene rings is 1. The van der Waals surface area contributed by atoms with Crippen molar-refractivity contribution in [2.24, 2.45) is 0 Å². The Hall–Kier alpha value is -2.13. The van der Waals surface area contributed by atoms with E-state index in [-0.39, 0.29) is 25.9 Å². The Bertz CT molecular complexity index is 1040. The highest BCUT2D eigenvalue weighted by molar-refractivity contribution is 7.19. The van der Waals surface area contributed by atoms with Crippen molar-refractivity contribution in [1.82, 2.24) is 25.6 Å². The molecule has 0 saturated carbocycles. The van der Waals surface area contributed by atoms with Crippen LogP contribution < -0.4 is 4.90 Å². The van der Waals surface area contributed by atoms with Crippen molar-refractivity contribution in [1.29, 1.82) is 0 Å². The maximum absolute atomic E-state index is 13.8. The van der Waals surface area contributed by atoms with Gasteiger partial charge in [-0.3, -0.25) is 0 Å². The number of anilines is 1. The Balaban J connectivity index is 1.75. The van der Waals surface area contributed by atoms with Gasteiger partial charge in [0.2, 0.25) is 5.82 Å². The molecule has 30 heavy (non-hydrogen) atoms. The van der Waals surface area contributed by atoms with Crippen LogP contribution in [-0.2, 0) is 12.8 Å². The Morgan fingerprint density at radius 3 is 2.57 bits per heavy atom. The number of aromatic amines is 1. The summed E-state index contributed by atoms with van der Waals surface area (Å²) in [6, 6.07) is 3.89. The first kappa shape index (κ1) is 19.8. The molecule has 3 aromatic heterocycles. The van der Waals surface area contributed by atoms with Gasteiger partial charge in [-0.25, -0.2) is 13.8 Å². The summed E-state index contributed by atoms with van der Waals surface area (Å²) in [5.74, 6) is -1.52. The molecule has 1 aliphatic heterocycles. The maximum Gasteiger partial charge on any atom is 0.251 e. The number of hydrogen-bond donors (Lipinski definition) is 1. The van der Waals surface area contributed by atoms with Crippen LogP contribution in [0.1, 0.15) is 43.4 Å². The predicted octanol–water partition coefficient (Wildman–Crippen LogP) is 5.15. The standard InChI is InChI=1S/C20H21ClF2N6S/c21-15-7-6-14(30-15)16-12-4-2-1-3-5-13(12)24-19(17(16)18-25-27-28-26-18)29-10-8-20(22,23)9-11-29/h6-7H,1-5,8-11H2,(H,25,26,27,28). The predicted molar refractivity (Wildman–Crippen MR) is 113 cm³/mol. The first-order valence-electron chi connectivity index (χ1n) is 10.2. The molecule has 0 bridgehead atoms. The monoisotopic (exact) mass is 450 g/mol. The molecular weight excluding hydrogens is 430 g/mol. The lowest BCUT2D eigenvalue weighted by atomic mass is 9.94. The van der Waals surface area contributed by atoms with Gasteiger partial charge >= 0.3 is 0 Å². The molecule has 0 aromatic carbocycles. The molecule has 0 amide bonds. The number of rotatable bonds is 3. The highest BCUT2D eigenvalue weighted by Gasteiger charge is 2.37. The zero-order valence-electron chi connectivity index (χ0n) is 16.3. The van der Waals surface area contributed by atoms with Crippen molar-refractivity contribution >= 4 is 28.8 Å². The van der Waals surface area contributed by atoms with Crippen molar-refractivity contribution in [3.63, 3.8) is 0 Å². The fourth-order valence-electron chi connectivity index (χ4n) is 4.38. The molecule has 3 aromatic rings. The highest BCUT2D eigenvalue weighted by atomic mass is 35.5. The summed E-state index contributed by atoms with van der Waals surface area (Å²) in [6.07, 6.45) is 4.73. The fourth-order valence-corrected chi connectivity index (χ4v) is 5.50. The van der Waals surface area contributed by atoms with Crippen molar-refractivity contribution in [2.75, 3.05) is 18.0 Å². The number of tetrazole rings is 1. The quantitative estimate of drug-likeness (QED) is 0.559. The molecular formula is C20H21ClF2N6S. The van der Waals surface area contributed by atoms with E-state index in [9.17, 15) is 8.78 Å². The number of nitrogens with zero attached hydrogens (tertiary/aromatic N) is 5. The lowest BCUT2D eigenvalue weighted by Gasteiger charge is -2.34. The SMILES string of the molecule is FC1(F)CCN(c2nc3c(c(-c4ccc(Cl)s4)c2-c2nn[nH]n2)CCCCC3)CC1. The van der Waals surface area contributed by atoms with Crippen LogP contribution in [0.25, 0.3) is 21.8 Å². The zero-order valence-corrected chi connectivity index (χ0v) is 17.9. The van der Waals surface area contributed by atoms with Gasteiger partial charge in [-0.1, -0.05) is 18.0 Å². The van der Waals surface area contributed by atoms with Gasteiger partial charge in [-0.2, -0.15) is 5.21 Å². The molecule has 5 rings (SSSR count). The summed E-state index contributed by atoms with van der Waals surface area (Å²) in [6.45, 7) is 0.489. The number of aromatic nitrogens is 5. The third-order valence-electron chi connectivity index (χ3n) is 5.89. The topological polar surface area (TPSA) is 70.6 Å². The number of aryl methyl sites for hydroxylation is 1. The number of nitrogens with one attached hydrogen (secondary N) is 1. The van der Waals surface area contributed by atoms with Crippen LogP contribution in [0.3, 0.4) is 0 Å². The molecule has 158 valence electrons. The van der Waals surface area contributed by atoms with E-state index in [1.54, 1.807) is 0 Å². The second kappa shape index (κ2) is 7.85. The van der Waals surface area contributed by atoms with E-state index in [0.29, 0.717) is 16.0 Å². The van der Waals surface area contributed by atoms with E-state index in [4.69, 9.17) is 16.6 Å². The number of fused-ring (bicyclic) bond motifs is 1. The van der Waals surface area contributed by atoms with Crippen LogP contribution in [0, 0.1) is 0 Å². The third-order valence-corrected chi connectivity index (χ3v) is 7.14. The molecule has 0 spiro atoms. The lowest BCUT2D eigenvalue weighted by Crippen LogP contribution is -2.40. The van der Waals surface area contributed by atoms with Gasteiger partial charge in [0.15, 0.2) is 0 Å². The zero-order chi connectivity index (χ0) is 20.7. The van der Waals surface area contributed by atoms with E-state index in [1.807, 2.05) is 17.0 Å². The summed E-state index contributed by atoms with van der Waals surface area (Å²) in [4.78, 5) is 7.99. The van der Waals surface area contributed by atoms with Gasteiger partial charge < -0.3 is 4.90 Å². The number of piperidine rings is 1. The van der Waals surface area contributed by atoms with E-state index >= 15 is 0 Å². The molecule has 1 fully saturated rings. The van der Waals surface area contributed by atoms with Gasteiger partial charge in [-0.05, 0) is 48.6 Å². The molecule has 6 nitrogen and oxygen atoms in total. The molecule has 1 saturated heterocycles. The van der Waals surface area contributed by atoms with Crippen molar-refractivity contribution < 1.29 is 8.78 Å². The minimum atomic E-state index is -2.63. The second-order valence-corrected chi connectivity index (χ2v) is 9.57. The van der Waals surface area contributed by atoms with Crippen LogP contribution in [0.5, 0.6) is 0 Å². The average Bonchev–Trinajstić information content (AvgIpc) is 3.34. The lowest BCUT2D eigenvalue weighted by molar-refractivity contribution is -0.0221. The average molecular weight is 451 g/mol. The van der Waals surface area contributed by atoms with Gasteiger partial charge in [0, 0.05) is 42.1 Å². The van der Waals surface area contributed by atoms with Crippen molar-refractivity contribution in [2.45, 2.75) is 50.9 Å². The summed E-state index contributed by atoms with van der Waals surface area (Å²) >= 11 is 7.78. The Kier molecular flexibility index (Phi) is 5.18. The number of pyridine rings is 1. The van der Waals surface area contributed by atoms with Crippen LogP contribution in [0.15, 0.2) is 12.1 Å². The summed E-state index contributed by atoms with van der Waals surface area (Å²) < 4.78 is 28.4. The smallest absolute Gasteiger partial charge is 0.251 e. The number of alkyl halides is 2. The molecule has 0 unspecified atom stereocenters. The molecule has 2 aliphatic rings. The number of H-pyrrole nitrogens is 1. The number of hydrogen-bond acceptors (Lipinski definition) is 6. The van der Waals surface area contributed by atoms with Crippen LogP contribution in [-0.4, -0.2) is 44.6 Å². The number of halogens is 3. The first-order valence-corrected chi connectivity index (χ1v) is 11.4. The van der Waals surface area contributed by atoms with Gasteiger partial charge in [0.1, 0.15) is 5.82 Å². The molecule has 0 radical (unpaired) electrons. The van der Waals surface area contributed by atoms with Gasteiger partial charge in [0.05, 0.1) is 9.90 Å². The third kappa shape index (κ3) is 3.69. The minimum absolute atomic E-state index is 0.183. The summed E-state index contributed by atoms with van der Waals surface area (Å²) in [5, 5.41) is 14.8. The Morgan fingerprint density at radius 2 is 1.87 bits per heavy atom. The first-order chi connectivity index (χ1) is 14.5. The van der Waals surface area contributed by atoms with E-state index in [2.05, 4.69) is 20.6 Å². The van der Waals surface area contributed by atoms with E-state index in [1.165, 1.54) is 16.9 Å².